The van der Waals surface area contributed by atoms with Crippen LogP contribution in [0.15, 0.2) is 48.8 Å². The minimum absolute atomic E-state index is 0.435. The molecule has 0 N–H and O–H groups in total. The van der Waals surface area contributed by atoms with Crippen molar-refractivity contribution in [2.75, 3.05) is 0 Å². The van der Waals surface area contributed by atoms with Crippen LogP contribution in [0, 0.1) is 0 Å². The van der Waals surface area contributed by atoms with Gasteiger partial charge in [-0.05, 0) is 31.7 Å². The molecule has 1 nitrogen and oxygen atoms in total. The van der Waals surface area contributed by atoms with E-state index in [1.165, 1.54) is 160 Å². The van der Waals surface area contributed by atoms with Gasteiger partial charge < -0.3 is 0 Å². The smallest absolute Gasteiger partial charge is 0.183 e. The van der Waals surface area contributed by atoms with Crippen molar-refractivity contribution in [2.24, 2.45) is 0 Å². The molecule has 0 aliphatic carbocycles. The highest BCUT2D eigenvalue weighted by atomic mass is 15.0. The molecule has 1 unspecified atom stereocenters. The molecule has 0 spiro atoms. The summed E-state index contributed by atoms with van der Waals surface area (Å²) < 4.78 is 2.55. The van der Waals surface area contributed by atoms with E-state index in [0.29, 0.717) is 6.04 Å². The molecular weight excluding hydrogens is 494 g/mol. The summed E-state index contributed by atoms with van der Waals surface area (Å²) in [5.74, 6) is 0. The lowest BCUT2D eigenvalue weighted by atomic mass is 9.99. The second-order valence-corrected chi connectivity index (χ2v) is 12.9. The third-order valence-electron chi connectivity index (χ3n) is 9.07. The van der Waals surface area contributed by atoms with E-state index in [4.69, 9.17) is 0 Å². The summed E-state index contributed by atoms with van der Waals surface area (Å²) in [5, 5.41) is 0. The Kier molecular flexibility index (Phi) is 21.6. The Morgan fingerprint density at radius 2 is 0.829 bits per heavy atom. The first-order valence-electron chi connectivity index (χ1n) is 18.4. The zero-order valence-corrected chi connectivity index (χ0v) is 27.8. The van der Waals surface area contributed by atoms with Gasteiger partial charge in [0.15, 0.2) is 18.4 Å². The Balaban J connectivity index is 1.79. The summed E-state index contributed by atoms with van der Waals surface area (Å²) in [7, 11) is 0. The van der Waals surface area contributed by atoms with Crippen LogP contribution in [-0.2, 0) is 12.8 Å². The molecule has 2 aromatic rings. The molecule has 232 valence electrons. The standard InChI is InChI=1S/C40H68N/c1-4-7-9-11-13-15-17-19-21-23-26-30-37-34-38(31-27-24-22-20-18-16-14-12-10-8-5-2)36-41(35-37)40(6-3)39-32-28-25-29-33-39/h25,28-29,32-36,40H,4-24,26-27,30-31H2,1-3H3/q+1. The Labute approximate surface area is 257 Å². The molecule has 0 fully saturated rings. The van der Waals surface area contributed by atoms with Crippen molar-refractivity contribution in [1.29, 1.82) is 0 Å². The van der Waals surface area contributed by atoms with Gasteiger partial charge in [0.1, 0.15) is 0 Å². The molecule has 0 amide bonds. The Bertz CT molecular complexity index is 797. The fraction of sp³-hybridized carbons (Fsp3) is 0.725. The Morgan fingerprint density at radius 1 is 0.463 bits per heavy atom. The number of benzene rings is 1. The molecule has 1 heterocycles. The lowest BCUT2D eigenvalue weighted by Gasteiger charge is -2.14. The molecule has 0 aliphatic rings. The molecule has 1 heteroatoms. The minimum Gasteiger partial charge on any atom is -0.198 e. The van der Waals surface area contributed by atoms with E-state index in [9.17, 15) is 0 Å². The van der Waals surface area contributed by atoms with E-state index in [1.54, 1.807) is 11.1 Å². The average molecular weight is 563 g/mol. The maximum Gasteiger partial charge on any atom is 0.183 e. The van der Waals surface area contributed by atoms with Crippen LogP contribution in [0.25, 0.3) is 0 Å². The van der Waals surface area contributed by atoms with E-state index >= 15 is 0 Å². The van der Waals surface area contributed by atoms with E-state index in [2.05, 4.69) is 74.1 Å². The van der Waals surface area contributed by atoms with Gasteiger partial charge in [0.2, 0.25) is 0 Å². The molecule has 41 heavy (non-hydrogen) atoms. The zero-order valence-electron chi connectivity index (χ0n) is 27.8. The van der Waals surface area contributed by atoms with Gasteiger partial charge in [0.25, 0.3) is 0 Å². The number of aromatic nitrogens is 1. The largest absolute Gasteiger partial charge is 0.198 e. The average Bonchev–Trinajstić information content (AvgIpc) is 2.99. The van der Waals surface area contributed by atoms with E-state index in [-0.39, 0.29) is 0 Å². The fourth-order valence-corrected chi connectivity index (χ4v) is 6.47. The van der Waals surface area contributed by atoms with Crippen molar-refractivity contribution in [3.05, 3.63) is 65.5 Å². The van der Waals surface area contributed by atoms with Crippen LogP contribution in [0.2, 0.25) is 0 Å². The van der Waals surface area contributed by atoms with Crippen LogP contribution in [0.3, 0.4) is 0 Å². The first-order chi connectivity index (χ1) is 20.3. The number of rotatable bonds is 27. The van der Waals surface area contributed by atoms with Crippen LogP contribution >= 0.6 is 0 Å². The van der Waals surface area contributed by atoms with Gasteiger partial charge in [-0.3, -0.25) is 0 Å². The number of hydrogen-bond acceptors (Lipinski definition) is 0. The molecule has 2 rings (SSSR count). The molecule has 0 bridgehead atoms. The van der Waals surface area contributed by atoms with Gasteiger partial charge in [-0.25, -0.2) is 0 Å². The normalized spacial score (nSPS) is 12.2. The van der Waals surface area contributed by atoms with Gasteiger partial charge in [-0.1, -0.05) is 180 Å². The Hall–Kier alpha value is -1.63. The van der Waals surface area contributed by atoms with Crippen LogP contribution in [-0.4, -0.2) is 0 Å². The SMILES string of the molecule is CCCCCCCCCCCCCc1cc(CCCCCCCCCCCCC)c[n+](C(CC)c2ccccc2)c1. The van der Waals surface area contributed by atoms with Gasteiger partial charge in [0.05, 0.1) is 0 Å². The quantitative estimate of drug-likeness (QED) is 0.0753. The maximum atomic E-state index is 2.55. The van der Waals surface area contributed by atoms with Crippen LogP contribution < -0.4 is 4.57 Å². The topological polar surface area (TPSA) is 3.88 Å². The van der Waals surface area contributed by atoms with Crippen molar-refractivity contribution in [2.45, 2.75) is 187 Å². The van der Waals surface area contributed by atoms with Crippen molar-refractivity contribution < 1.29 is 4.57 Å². The molecule has 0 saturated carbocycles. The summed E-state index contributed by atoms with van der Waals surface area (Å²) in [6.07, 6.45) is 39.7. The van der Waals surface area contributed by atoms with Crippen LogP contribution in [0.4, 0.5) is 0 Å². The lowest BCUT2D eigenvalue weighted by Crippen LogP contribution is -2.40. The van der Waals surface area contributed by atoms with Crippen molar-refractivity contribution in [3.63, 3.8) is 0 Å². The summed E-state index contributed by atoms with van der Waals surface area (Å²) in [4.78, 5) is 0. The summed E-state index contributed by atoms with van der Waals surface area (Å²) in [6, 6.07) is 14.1. The summed E-state index contributed by atoms with van der Waals surface area (Å²) >= 11 is 0. The van der Waals surface area contributed by atoms with Gasteiger partial charge >= 0.3 is 0 Å². The minimum atomic E-state index is 0.435. The monoisotopic (exact) mass is 563 g/mol. The molecule has 1 atom stereocenters. The molecule has 0 saturated heterocycles. The predicted octanol–water partition coefficient (Wildman–Crippen LogP) is 12.7. The van der Waals surface area contributed by atoms with Crippen LogP contribution in [0.5, 0.6) is 0 Å². The van der Waals surface area contributed by atoms with E-state index in [0.717, 1.165) is 6.42 Å². The Morgan fingerprint density at radius 3 is 1.20 bits per heavy atom. The first kappa shape index (κ1) is 35.6. The van der Waals surface area contributed by atoms with Crippen molar-refractivity contribution >= 4 is 0 Å². The second-order valence-electron chi connectivity index (χ2n) is 12.9. The van der Waals surface area contributed by atoms with Gasteiger partial charge in [-0.15, -0.1) is 0 Å². The molecular formula is C40H68N+. The van der Waals surface area contributed by atoms with Crippen molar-refractivity contribution in [3.8, 4) is 0 Å². The van der Waals surface area contributed by atoms with Crippen LogP contribution in [0.1, 0.15) is 191 Å². The first-order valence-corrected chi connectivity index (χ1v) is 18.4. The second kappa shape index (κ2) is 24.9. The molecule has 0 radical (unpaired) electrons. The van der Waals surface area contributed by atoms with Crippen molar-refractivity contribution in [1.82, 2.24) is 0 Å². The molecule has 1 aromatic heterocycles. The number of nitrogens with zero attached hydrogens (tertiary/aromatic N) is 1. The molecule has 1 aromatic carbocycles. The number of unbranched alkanes of at least 4 members (excludes halogenated alkanes) is 20. The highest BCUT2D eigenvalue weighted by Gasteiger charge is 2.20. The molecule has 0 aliphatic heterocycles. The zero-order chi connectivity index (χ0) is 29.2. The van der Waals surface area contributed by atoms with E-state index in [1.807, 2.05) is 0 Å². The van der Waals surface area contributed by atoms with Gasteiger partial charge in [-0.2, -0.15) is 4.57 Å². The third-order valence-corrected chi connectivity index (χ3v) is 9.07. The number of aryl methyl sites for hydroxylation is 2. The number of hydrogen-bond donors (Lipinski definition) is 0. The summed E-state index contributed by atoms with van der Waals surface area (Å²) in [5.41, 5.74) is 4.54. The van der Waals surface area contributed by atoms with Gasteiger partial charge in [0, 0.05) is 23.1 Å². The number of pyridine rings is 1. The van der Waals surface area contributed by atoms with E-state index < -0.39 is 0 Å². The fourth-order valence-electron chi connectivity index (χ4n) is 6.47. The lowest BCUT2D eigenvalue weighted by molar-refractivity contribution is -0.714. The highest BCUT2D eigenvalue weighted by Crippen LogP contribution is 2.19. The maximum absolute atomic E-state index is 2.55. The highest BCUT2D eigenvalue weighted by molar-refractivity contribution is 5.19. The third kappa shape index (κ3) is 17.2. The summed E-state index contributed by atoms with van der Waals surface area (Å²) in [6.45, 7) is 6.95. The predicted molar refractivity (Wildman–Crippen MR) is 182 cm³/mol.